The predicted octanol–water partition coefficient (Wildman–Crippen LogP) is 4.09. The molecule has 1 saturated heterocycles. The van der Waals surface area contributed by atoms with Gasteiger partial charge in [0, 0.05) is 18.7 Å². The van der Waals surface area contributed by atoms with Crippen LogP contribution in [0.1, 0.15) is 30.3 Å². The van der Waals surface area contributed by atoms with E-state index >= 15 is 0 Å². The molecule has 0 saturated carbocycles. The Balaban J connectivity index is 1.62. The van der Waals surface area contributed by atoms with Crippen molar-refractivity contribution < 1.29 is 18.7 Å². The lowest BCUT2D eigenvalue weighted by atomic mass is 10.0. The average molecular weight is 428 g/mol. The minimum atomic E-state index is -0.472. The number of nitrogens with zero attached hydrogens (tertiary/aromatic N) is 4. The number of hydrogen-bond donors (Lipinski definition) is 1. The van der Waals surface area contributed by atoms with E-state index in [1.54, 1.807) is 30.5 Å². The van der Waals surface area contributed by atoms with Gasteiger partial charge in [0.1, 0.15) is 5.82 Å². The molecule has 0 spiro atoms. The summed E-state index contributed by atoms with van der Waals surface area (Å²) in [6.45, 7) is 5.24. The van der Waals surface area contributed by atoms with Crippen LogP contribution in [0.15, 0.2) is 47.1 Å². The van der Waals surface area contributed by atoms with Gasteiger partial charge in [0.05, 0.1) is 29.4 Å². The van der Waals surface area contributed by atoms with Crippen molar-refractivity contribution in [2.45, 2.75) is 32.1 Å². The lowest BCUT2D eigenvalue weighted by molar-refractivity contribution is -0.0767. The van der Waals surface area contributed by atoms with Gasteiger partial charge in [-0.2, -0.15) is 9.50 Å². The summed E-state index contributed by atoms with van der Waals surface area (Å²) in [7, 11) is 0. The van der Waals surface area contributed by atoms with Gasteiger partial charge in [-0.1, -0.05) is 29.5 Å². The van der Waals surface area contributed by atoms with Gasteiger partial charge in [-0.15, -0.1) is 5.10 Å². The normalized spacial score (nSPS) is 21.3. The molecule has 0 unspecified atom stereocenters. The zero-order valence-corrected chi connectivity index (χ0v) is 17.3. The number of furan rings is 1. The third-order valence-corrected chi connectivity index (χ3v) is 6.27. The molecule has 1 fully saturated rings. The first kappa shape index (κ1) is 19.2. The lowest BCUT2D eigenvalue weighted by Crippen LogP contribution is -2.47. The maximum Gasteiger partial charge on any atom is 0.230 e. The Morgan fingerprint density at radius 2 is 1.93 bits per heavy atom. The van der Waals surface area contributed by atoms with Crippen molar-refractivity contribution in [3.8, 4) is 17.5 Å². The Kier molecular flexibility index (Phi) is 4.80. The highest BCUT2D eigenvalue weighted by molar-refractivity contribution is 7.17. The van der Waals surface area contributed by atoms with Crippen LogP contribution < -0.4 is 0 Å². The van der Waals surface area contributed by atoms with Crippen molar-refractivity contribution in [1.29, 1.82) is 0 Å². The number of morpholine rings is 1. The maximum atomic E-state index is 14.9. The van der Waals surface area contributed by atoms with Crippen LogP contribution >= 0.6 is 11.3 Å². The lowest BCUT2D eigenvalue weighted by Gasteiger charge is -2.40. The second-order valence-corrected chi connectivity index (χ2v) is 8.54. The van der Waals surface area contributed by atoms with Gasteiger partial charge >= 0.3 is 0 Å². The monoisotopic (exact) mass is 428 g/mol. The molecule has 0 radical (unpaired) electrons. The topological polar surface area (TPSA) is 76.0 Å². The number of rotatable bonds is 4. The van der Waals surface area contributed by atoms with E-state index in [1.165, 1.54) is 21.9 Å². The summed E-state index contributed by atoms with van der Waals surface area (Å²) in [5.41, 5.74) is 0.505. The zero-order chi connectivity index (χ0) is 20.8. The molecule has 1 N–H and O–H groups in total. The first-order valence-corrected chi connectivity index (χ1v) is 10.6. The summed E-state index contributed by atoms with van der Waals surface area (Å²) in [6, 6.07) is 9.72. The quantitative estimate of drug-likeness (QED) is 0.528. The third-order valence-electron chi connectivity index (χ3n) is 5.20. The van der Waals surface area contributed by atoms with Crippen LogP contribution in [0.4, 0.5) is 4.39 Å². The van der Waals surface area contributed by atoms with Crippen LogP contribution in [0.2, 0.25) is 0 Å². The summed E-state index contributed by atoms with van der Waals surface area (Å²) in [5, 5.41) is 15.4. The Morgan fingerprint density at radius 1 is 1.17 bits per heavy atom. The van der Waals surface area contributed by atoms with Gasteiger partial charge in [-0.3, -0.25) is 4.90 Å². The standard InChI is InChI=1S/C21H21FN4O3S/c1-12-10-25(11-13(2)29-12)17(14-6-3-4-7-15(14)22)18-20(27)26-21(30-18)23-19(24-26)16-8-5-9-28-16/h3-9,12-13,17,27H,10-11H2,1-2H3/t12-,13+,17-/m1/s1. The summed E-state index contributed by atoms with van der Waals surface area (Å²) < 4.78 is 27.5. The number of thiazole rings is 1. The van der Waals surface area contributed by atoms with Crippen LogP contribution in [0.5, 0.6) is 5.88 Å². The molecular weight excluding hydrogens is 407 g/mol. The molecule has 0 aliphatic carbocycles. The number of aromatic hydroxyl groups is 1. The van der Waals surface area contributed by atoms with Gasteiger partial charge in [0.2, 0.25) is 16.7 Å². The van der Waals surface area contributed by atoms with E-state index in [0.29, 0.717) is 40.1 Å². The molecule has 156 valence electrons. The number of halogens is 1. The SMILES string of the molecule is C[C@@H]1CN([C@H](c2ccccc2F)c2sc3nc(-c4ccco4)nn3c2O)C[C@H](C)O1. The van der Waals surface area contributed by atoms with E-state index in [-0.39, 0.29) is 23.9 Å². The summed E-state index contributed by atoms with van der Waals surface area (Å²) in [6.07, 6.45) is 1.54. The number of fused-ring (bicyclic) bond motifs is 1. The third kappa shape index (κ3) is 3.28. The van der Waals surface area contributed by atoms with Crippen molar-refractivity contribution in [3.63, 3.8) is 0 Å². The first-order valence-electron chi connectivity index (χ1n) is 9.77. The fourth-order valence-corrected chi connectivity index (χ4v) is 5.18. The number of aromatic nitrogens is 3. The summed E-state index contributed by atoms with van der Waals surface area (Å²) >= 11 is 1.30. The summed E-state index contributed by atoms with van der Waals surface area (Å²) in [4.78, 5) is 7.76. The van der Waals surface area contributed by atoms with Crippen molar-refractivity contribution in [3.05, 3.63) is 58.9 Å². The van der Waals surface area contributed by atoms with Crippen LogP contribution in [0.3, 0.4) is 0 Å². The molecular formula is C21H21FN4O3S. The van der Waals surface area contributed by atoms with E-state index in [2.05, 4.69) is 15.0 Å². The highest BCUT2D eigenvalue weighted by Gasteiger charge is 2.35. The van der Waals surface area contributed by atoms with E-state index in [1.807, 2.05) is 19.9 Å². The summed E-state index contributed by atoms with van der Waals surface area (Å²) in [5.74, 6) is 0.557. The number of ether oxygens (including phenoxy) is 1. The first-order chi connectivity index (χ1) is 14.5. The highest BCUT2D eigenvalue weighted by Crippen LogP contribution is 2.42. The van der Waals surface area contributed by atoms with Crippen molar-refractivity contribution >= 4 is 16.3 Å². The van der Waals surface area contributed by atoms with Gasteiger partial charge in [0.15, 0.2) is 5.76 Å². The van der Waals surface area contributed by atoms with Gasteiger partial charge in [0.25, 0.3) is 0 Å². The molecule has 1 aliphatic rings. The molecule has 0 amide bonds. The number of benzene rings is 1. The average Bonchev–Trinajstić information content (AvgIpc) is 3.42. The van der Waals surface area contributed by atoms with E-state index < -0.39 is 6.04 Å². The van der Waals surface area contributed by atoms with Crippen molar-refractivity contribution in [2.75, 3.05) is 13.1 Å². The molecule has 1 aromatic carbocycles. The Bertz CT molecular complexity index is 1160. The Morgan fingerprint density at radius 3 is 2.60 bits per heavy atom. The van der Waals surface area contributed by atoms with Gasteiger partial charge in [-0.25, -0.2) is 4.39 Å². The molecule has 4 aromatic rings. The minimum absolute atomic E-state index is 0.00195. The molecule has 9 heteroatoms. The molecule has 5 rings (SSSR count). The van der Waals surface area contributed by atoms with E-state index in [0.717, 1.165) is 0 Å². The molecule has 7 nitrogen and oxygen atoms in total. The van der Waals surface area contributed by atoms with Crippen LogP contribution in [-0.4, -0.2) is 49.9 Å². The molecule has 0 bridgehead atoms. The van der Waals surface area contributed by atoms with Crippen molar-refractivity contribution in [2.24, 2.45) is 0 Å². The zero-order valence-electron chi connectivity index (χ0n) is 16.5. The molecule has 3 aromatic heterocycles. The Labute approximate surface area is 176 Å². The predicted molar refractivity (Wildman–Crippen MR) is 110 cm³/mol. The van der Waals surface area contributed by atoms with Crippen LogP contribution in [-0.2, 0) is 4.74 Å². The second kappa shape index (κ2) is 7.50. The van der Waals surface area contributed by atoms with E-state index in [4.69, 9.17) is 9.15 Å². The van der Waals surface area contributed by atoms with Crippen LogP contribution in [0.25, 0.3) is 16.5 Å². The molecule has 3 atom stereocenters. The highest BCUT2D eigenvalue weighted by atomic mass is 32.1. The van der Waals surface area contributed by atoms with Gasteiger partial charge in [-0.05, 0) is 32.0 Å². The van der Waals surface area contributed by atoms with E-state index in [9.17, 15) is 9.50 Å². The largest absolute Gasteiger partial charge is 0.492 e. The fraction of sp³-hybridized carbons (Fsp3) is 0.333. The van der Waals surface area contributed by atoms with Gasteiger partial charge < -0.3 is 14.3 Å². The number of hydrogen-bond acceptors (Lipinski definition) is 7. The fourth-order valence-electron chi connectivity index (χ4n) is 4.07. The van der Waals surface area contributed by atoms with Crippen molar-refractivity contribution in [1.82, 2.24) is 19.5 Å². The molecule has 1 aliphatic heterocycles. The second-order valence-electron chi connectivity index (χ2n) is 7.53. The molecule has 30 heavy (non-hydrogen) atoms. The smallest absolute Gasteiger partial charge is 0.230 e. The Hall–Kier alpha value is -2.75. The minimum Gasteiger partial charge on any atom is -0.492 e. The molecule has 4 heterocycles. The van der Waals surface area contributed by atoms with Crippen LogP contribution in [0, 0.1) is 5.82 Å². The maximum absolute atomic E-state index is 14.9.